The van der Waals surface area contributed by atoms with Gasteiger partial charge in [0.2, 0.25) is 0 Å². The fourth-order valence-corrected chi connectivity index (χ4v) is 2.82. The number of methoxy groups -OCH3 is 1. The summed E-state index contributed by atoms with van der Waals surface area (Å²) < 4.78 is 10.6. The minimum atomic E-state index is -0.585. The Hall–Kier alpha value is -3.87. The van der Waals surface area contributed by atoms with Gasteiger partial charge in [-0.1, -0.05) is 18.2 Å². The Bertz CT molecular complexity index is 1150. The van der Waals surface area contributed by atoms with Gasteiger partial charge in [0, 0.05) is 6.07 Å². The van der Waals surface area contributed by atoms with Crippen molar-refractivity contribution in [2.45, 2.75) is 0 Å². The van der Waals surface area contributed by atoms with E-state index in [4.69, 9.17) is 9.15 Å². The molecule has 7 nitrogen and oxygen atoms in total. The molecule has 2 aromatic carbocycles. The normalized spacial score (nSPS) is 15.4. The van der Waals surface area contributed by atoms with Gasteiger partial charge < -0.3 is 9.15 Å². The lowest BCUT2D eigenvalue weighted by Crippen LogP contribution is -2.35. The Labute approximate surface area is 153 Å². The van der Waals surface area contributed by atoms with Crippen molar-refractivity contribution in [3.05, 3.63) is 76.2 Å². The van der Waals surface area contributed by atoms with Crippen LogP contribution in [0.4, 0.5) is 5.69 Å². The molecule has 0 bridgehead atoms. The van der Waals surface area contributed by atoms with Crippen molar-refractivity contribution >= 4 is 34.5 Å². The van der Waals surface area contributed by atoms with Crippen LogP contribution in [0.15, 0.2) is 69.6 Å². The highest BCUT2D eigenvalue weighted by atomic mass is 16.5. The predicted molar refractivity (Wildman–Crippen MR) is 99.1 cm³/mol. The Kier molecular flexibility index (Phi) is 3.97. The number of hydrogen-bond donors (Lipinski definition) is 1. The standard InChI is InChI=1S/C20H14N2O5/c1-26-14-7-8-15-17(10-14)27-11-12(18(15)23)9-16-19(24)21-22(20(16)25)13-5-3-2-4-6-13/h2-11H,1H3,(H,21,24)/b16-9+. The van der Waals surface area contributed by atoms with E-state index in [0.29, 0.717) is 22.4 Å². The molecular weight excluding hydrogens is 348 g/mol. The first-order valence-corrected chi connectivity index (χ1v) is 8.10. The summed E-state index contributed by atoms with van der Waals surface area (Å²) in [5.41, 5.74) is 3.00. The molecule has 0 spiro atoms. The predicted octanol–water partition coefficient (Wildman–Crippen LogP) is 2.26. The number of nitrogens with zero attached hydrogens (tertiary/aromatic N) is 1. The minimum Gasteiger partial charge on any atom is -0.497 e. The lowest BCUT2D eigenvalue weighted by atomic mass is 10.1. The molecule has 4 rings (SSSR count). The van der Waals surface area contributed by atoms with E-state index >= 15 is 0 Å². The quantitative estimate of drug-likeness (QED) is 0.570. The smallest absolute Gasteiger partial charge is 0.282 e. The number of anilines is 1. The average Bonchev–Trinajstić information content (AvgIpc) is 2.98. The number of carbonyl (C=O) groups is 2. The van der Waals surface area contributed by atoms with Gasteiger partial charge in [-0.2, -0.15) is 0 Å². The Morgan fingerprint density at radius 3 is 2.59 bits per heavy atom. The summed E-state index contributed by atoms with van der Waals surface area (Å²) in [7, 11) is 1.51. The maximum atomic E-state index is 12.7. The molecule has 0 unspecified atom stereocenters. The van der Waals surface area contributed by atoms with Gasteiger partial charge in [-0.15, -0.1) is 0 Å². The van der Waals surface area contributed by atoms with E-state index in [2.05, 4.69) is 5.43 Å². The molecule has 27 heavy (non-hydrogen) atoms. The molecule has 0 atom stereocenters. The highest BCUT2D eigenvalue weighted by Gasteiger charge is 2.34. The first-order chi connectivity index (χ1) is 13.1. The Morgan fingerprint density at radius 1 is 1.07 bits per heavy atom. The highest BCUT2D eigenvalue weighted by Crippen LogP contribution is 2.22. The molecule has 134 valence electrons. The van der Waals surface area contributed by atoms with E-state index in [0.717, 1.165) is 5.01 Å². The topological polar surface area (TPSA) is 88.9 Å². The van der Waals surface area contributed by atoms with Crippen LogP contribution >= 0.6 is 0 Å². The summed E-state index contributed by atoms with van der Waals surface area (Å²) in [6.07, 6.45) is 2.47. The third-order valence-electron chi connectivity index (χ3n) is 4.21. The summed E-state index contributed by atoms with van der Waals surface area (Å²) >= 11 is 0. The number of fused-ring (bicyclic) bond motifs is 1. The van der Waals surface area contributed by atoms with E-state index in [-0.39, 0.29) is 16.6 Å². The average molecular weight is 362 g/mol. The molecule has 2 amide bonds. The lowest BCUT2D eigenvalue weighted by molar-refractivity contribution is -0.117. The molecule has 1 aliphatic heterocycles. The van der Waals surface area contributed by atoms with Crippen LogP contribution < -0.4 is 20.6 Å². The van der Waals surface area contributed by atoms with Crippen molar-refractivity contribution < 1.29 is 18.7 Å². The van der Waals surface area contributed by atoms with Gasteiger partial charge in [0.05, 0.1) is 23.7 Å². The maximum Gasteiger partial charge on any atom is 0.282 e. The molecule has 2 heterocycles. The molecule has 1 saturated heterocycles. The van der Waals surface area contributed by atoms with Crippen LogP contribution in [0.2, 0.25) is 0 Å². The maximum absolute atomic E-state index is 12.7. The molecule has 0 aliphatic carbocycles. The van der Waals surface area contributed by atoms with Gasteiger partial charge in [0.1, 0.15) is 23.2 Å². The van der Waals surface area contributed by atoms with Gasteiger partial charge in [-0.05, 0) is 30.3 Å². The zero-order chi connectivity index (χ0) is 19.0. The zero-order valence-corrected chi connectivity index (χ0v) is 14.3. The van der Waals surface area contributed by atoms with Crippen molar-refractivity contribution in [2.75, 3.05) is 12.1 Å². The SMILES string of the molecule is COc1ccc2c(=O)c(/C=C3\C(=O)NN(c4ccccc4)C3=O)coc2c1. The van der Waals surface area contributed by atoms with Crippen LogP contribution in [-0.4, -0.2) is 18.9 Å². The Morgan fingerprint density at radius 2 is 1.85 bits per heavy atom. The van der Waals surface area contributed by atoms with Gasteiger partial charge in [-0.3, -0.25) is 19.8 Å². The fourth-order valence-electron chi connectivity index (χ4n) is 2.82. The monoisotopic (exact) mass is 362 g/mol. The van der Waals surface area contributed by atoms with Crippen molar-refractivity contribution in [2.24, 2.45) is 0 Å². The number of rotatable bonds is 3. The van der Waals surface area contributed by atoms with Crippen molar-refractivity contribution in [3.63, 3.8) is 0 Å². The number of hydrogen-bond acceptors (Lipinski definition) is 5. The summed E-state index contributed by atoms with van der Waals surface area (Å²) in [4.78, 5) is 37.5. The van der Waals surface area contributed by atoms with Crippen molar-refractivity contribution in [1.29, 1.82) is 0 Å². The van der Waals surface area contributed by atoms with E-state index in [1.165, 1.54) is 19.4 Å². The van der Waals surface area contributed by atoms with E-state index in [1.54, 1.807) is 48.5 Å². The first kappa shape index (κ1) is 16.6. The molecule has 3 aromatic rings. The van der Waals surface area contributed by atoms with Gasteiger partial charge in [-0.25, -0.2) is 5.01 Å². The van der Waals surface area contributed by atoms with Crippen LogP contribution in [0.3, 0.4) is 0 Å². The summed E-state index contributed by atoms with van der Waals surface area (Å²) in [5.74, 6) is -0.570. The zero-order valence-electron chi connectivity index (χ0n) is 14.3. The lowest BCUT2D eigenvalue weighted by Gasteiger charge is -2.13. The van der Waals surface area contributed by atoms with Crippen LogP contribution in [0.1, 0.15) is 5.56 Å². The van der Waals surface area contributed by atoms with Gasteiger partial charge >= 0.3 is 0 Å². The second-order valence-corrected chi connectivity index (χ2v) is 5.86. The number of hydrazine groups is 1. The number of benzene rings is 2. The molecule has 7 heteroatoms. The number of nitrogens with one attached hydrogen (secondary N) is 1. The summed E-state index contributed by atoms with van der Waals surface area (Å²) in [6, 6.07) is 13.5. The molecule has 0 saturated carbocycles. The largest absolute Gasteiger partial charge is 0.497 e. The van der Waals surface area contributed by atoms with Gasteiger partial charge in [0.15, 0.2) is 5.43 Å². The number of para-hydroxylation sites is 1. The third-order valence-corrected chi connectivity index (χ3v) is 4.21. The Balaban J connectivity index is 1.75. The minimum absolute atomic E-state index is 0.112. The second kappa shape index (κ2) is 6.45. The molecule has 1 aliphatic rings. The molecule has 0 radical (unpaired) electrons. The van der Waals surface area contributed by atoms with Crippen molar-refractivity contribution in [3.8, 4) is 5.75 Å². The van der Waals surface area contributed by atoms with E-state index < -0.39 is 11.8 Å². The van der Waals surface area contributed by atoms with E-state index in [1.807, 2.05) is 0 Å². The van der Waals surface area contributed by atoms with Gasteiger partial charge in [0.25, 0.3) is 11.8 Å². The summed E-state index contributed by atoms with van der Waals surface area (Å²) in [5, 5.41) is 1.47. The number of amides is 2. The third kappa shape index (κ3) is 2.85. The van der Waals surface area contributed by atoms with Crippen molar-refractivity contribution in [1.82, 2.24) is 5.43 Å². The van der Waals surface area contributed by atoms with Crippen LogP contribution in [0, 0.1) is 0 Å². The summed E-state index contributed by atoms with van der Waals surface area (Å²) in [6.45, 7) is 0. The fraction of sp³-hybridized carbons (Fsp3) is 0.0500. The van der Waals surface area contributed by atoms with Crippen LogP contribution in [0.25, 0.3) is 17.0 Å². The highest BCUT2D eigenvalue weighted by molar-refractivity contribution is 6.31. The van der Waals surface area contributed by atoms with E-state index in [9.17, 15) is 14.4 Å². The first-order valence-electron chi connectivity index (χ1n) is 8.10. The molecule has 1 N–H and O–H groups in total. The number of carbonyl (C=O) groups excluding carboxylic acids is 2. The number of ether oxygens (including phenoxy) is 1. The van der Waals surface area contributed by atoms with Crippen LogP contribution in [-0.2, 0) is 9.59 Å². The molecular formula is C20H14N2O5. The molecule has 1 fully saturated rings. The molecule has 1 aromatic heterocycles. The van der Waals surface area contributed by atoms with Crippen LogP contribution in [0.5, 0.6) is 5.75 Å². The second-order valence-electron chi connectivity index (χ2n) is 5.86.